The van der Waals surface area contributed by atoms with E-state index in [4.69, 9.17) is 0 Å². The third-order valence-corrected chi connectivity index (χ3v) is 3.11. The summed E-state index contributed by atoms with van der Waals surface area (Å²) in [7, 11) is 1.32. The van der Waals surface area contributed by atoms with Crippen LogP contribution in [0.15, 0.2) is 37.7 Å². The minimum Gasteiger partial charge on any atom is -0.466 e. The molecule has 0 atom stereocenters. The highest BCUT2D eigenvalue weighted by Crippen LogP contribution is 2.12. The monoisotopic (exact) mass is 363 g/mol. The molecular weight excluding hydrogens is 354 g/mol. The van der Waals surface area contributed by atoms with Crippen LogP contribution in [0, 0.1) is 0 Å². The number of carbonyl (C=O) groups is 1. The molecule has 0 bridgehead atoms. The lowest BCUT2D eigenvalue weighted by atomic mass is 10.3. The minimum atomic E-state index is -0.396. The maximum absolute atomic E-state index is 11.7. The van der Waals surface area contributed by atoms with Gasteiger partial charge in [0.15, 0.2) is 0 Å². The average Bonchev–Trinajstić information content (AvgIpc) is 2.30. The summed E-state index contributed by atoms with van der Waals surface area (Å²) in [5.74, 6) is -0.396. The number of nitrogens with zero attached hydrogens (tertiary/aromatic N) is 1. The number of hydrogen-bond acceptors (Lipinski definition) is 3. The SMILES string of the molecule is COC(=O)/C(C)=C/Cn1cc(Br)cc(Br)c1=O. The van der Waals surface area contributed by atoms with Crippen molar-refractivity contribution in [1.82, 2.24) is 4.57 Å². The maximum Gasteiger partial charge on any atom is 0.333 e. The molecule has 4 nitrogen and oxygen atoms in total. The van der Waals surface area contributed by atoms with Crippen molar-refractivity contribution in [3.05, 3.63) is 43.2 Å². The zero-order chi connectivity index (χ0) is 13.0. The van der Waals surface area contributed by atoms with Crippen LogP contribution in [0.1, 0.15) is 6.92 Å². The lowest BCUT2D eigenvalue weighted by Crippen LogP contribution is -2.19. The third kappa shape index (κ3) is 3.81. The highest BCUT2D eigenvalue weighted by atomic mass is 79.9. The van der Waals surface area contributed by atoms with Crippen molar-refractivity contribution in [2.24, 2.45) is 0 Å². The first-order chi connectivity index (χ1) is 7.95. The third-order valence-electron chi connectivity index (χ3n) is 2.11. The van der Waals surface area contributed by atoms with Gasteiger partial charge in [-0.05, 0) is 44.8 Å². The Morgan fingerprint density at radius 1 is 1.53 bits per heavy atom. The molecule has 0 aliphatic rings. The topological polar surface area (TPSA) is 48.3 Å². The number of methoxy groups -OCH3 is 1. The smallest absolute Gasteiger partial charge is 0.333 e. The predicted molar refractivity (Wildman–Crippen MR) is 71.9 cm³/mol. The fourth-order valence-corrected chi connectivity index (χ4v) is 2.44. The number of halogens is 2. The molecule has 0 amide bonds. The Hall–Kier alpha value is -0.880. The normalized spacial score (nSPS) is 11.4. The number of ether oxygens (including phenoxy) is 1. The Kier molecular flexibility index (Phi) is 5.14. The molecule has 0 saturated carbocycles. The van der Waals surface area contributed by atoms with E-state index >= 15 is 0 Å². The zero-order valence-electron chi connectivity index (χ0n) is 9.37. The van der Waals surface area contributed by atoms with Crippen molar-refractivity contribution >= 4 is 37.8 Å². The van der Waals surface area contributed by atoms with E-state index < -0.39 is 5.97 Å². The average molecular weight is 365 g/mol. The quantitative estimate of drug-likeness (QED) is 0.611. The molecule has 92 valence electrons. The van der Waals surface area contributed by atoms with Gasteiger partial charge in [-0.2, -0.15) is 0 Å². The van der Waals surface area contributed by atoms with Crippen LogP contribution >= 0.6 is 31.9 Å². The van der Waals surface area contributed by atoms with Crippen LogP contribution in [0.25, 0.3) is 0 Å². The molecule has 1 aromatic rings. The predicted octanol–water partition coefficient (Wildman–Crippen LogP) is 2.49. The highest BCUT2D eigenvalue weighted by molar-refractivity contribution is 9.11. The van der Waals surface area contributed by atoms with Gasteiger partial charge in [0.05, 0.1) is 11.6 Å². The Morgan fingerprint density at radius 3 is 2.76 bits per heavy atom. The highest BCUT2D eigenvalue weighted by Gasteiger charge is 2.05. The number of pyridine rings is 1. The van der Waals surface area contributed by atoms with E-state index in [-0.39, 0.29) is 5.56 Å². The molecule has 6 heteroatoms. The number of carbonyl (C=O) groups excluding carboxylic acids is 1. The van der Waals surface area contributed by atoms with Crippen molar-refractivity contribution in [3.63, 3.8) is 0 Å². The second-order valence-electron chi connectivity index (χ2n) is 3.34. The van der Waals surface area contributed by atoms with E-state index in [0.29, 0.717) is 16.6 Å². The van der Waals surface area contributed by atoms with Gasteiger partial charge < -0.3 is 9.30 Å². The molecule has 0 radical (unpaired) electrons. The Bertz CT molecular complexity index is 520. The van der Waals surface area contributed by atoms with Gasteiger partial charge in [0.2, 0.25) is 0 Å². The molecule has 0 unspecified atom stereocenters. The van der Waals surface area contributed by atoms with Crippen LogP contribution < -0.4 is 5.56 Å². The number of rotatable bonds is 3. The number of aromatic nitrogens is 1. The van der Waals surface area contributed by atoms with E-state index in [9.17, 15) is 9.59 Å². The van der Waals surface area contributed by atoms with Crippen molar-refractivity contribution in [1.29, 1.82) is 0 Å². The molecule has 1 rings (SSSR count). The van der Waals surface area contributed by atoms with E-state index in [1.807, 2.05) is 0 Å². The number of hydrogen-bond donors (Lipinski definition) is 0. The van der Waals surface area contributed by atoms with Crippen molar-refractivity contribution in [2.45, 2.75) is 13.5 Å². The van der Waals surface area contributed by atoms with Gasteiger partial charge in [0.1, 0.15) is 0 Å². The summed E-state index contributed by atoms with van der Waals surface area (Å²) in [6.07, 6.45) is 3.31. The fraction of sp³-hybridized carbons (Fsp3) is 0.273. The van der Waals surface area contributed by atoms with Crippen LogP contribution in [0.2, 0.25) is 0 Å². The lowest BCUT2D eigenvalue weighted by Gasteiger charge is -2.05. The van der Waals surface area contributed by atoms with Gasteiger partial charge in [0, 0.05) is 22.8 Å². The summed E-state index contributed by atoms with van der Waals surface area (Å²) in [4.78, 5) is 22.9. The second kappa shape index (κ2) is 6.16. The van der Waals surface area contributed by atoms with Gasteiger partial charge in [-0.1, -0.05) is 6.08 Å². The summed E-state index contributed by atoms with van der Waals surface area (Å²) in [5, 5.41) is 0. The first-order valence-electron chi connectivity index (χ1n) is 4.76. The Labute approximate surface area is 116 Å². The van der Waals surface area contributed by atoms with Gasteiger partial charge in [-0.15, -0.1) is 0 Å². The number of allylic oxidation sites excluding steroid dienone is 1. The van der Waals surface area contributed by atoms with E-state index in [2.05, 4.69) is 36.6 Å². The van der Waals surface area contributed by atoms with Gasteiger partial charge in [-0.3, -0.25) is 4.79 Å². The molecule has 17 heavy (non-hydrogen) atoms. The summed E-state index contributed by atoms with van der Waals surface area (Å²) >= 11 is 6.47. The lowest BCUT2D eigenvalue weighted by molar-refractivity contribution is -0.136. The van der Waals surface area contributed by atoms with E-state index in [1.165, 1.54) is 11.7 Å². The molecule has 1 aromatic heterocycles. The van der Waals surface area contributed by atoms with Gasteiger partial charge >= 0.3 is 5.97 Å². The van der Waals surface area contributed by atoms with Crippen molar-refractivity contribution in [3.8, 4) is 0 Å². The van der Waals surface area contributed by atoms with Gasteiger partial charge in [0.25, 0.3) is 5.56 Å². The van der Waals surface area contributed by atoms with Crippen molar-refractivity contribution < 1.29 is 9.53 Å². The summed E-state index contributed by atoms with van der Waals surface area (Å²) in [6, 6.07) is 1.68. The Balaban J connectivity index is 2.97. The molecule has 1 heterocycles. The number of esters is 1. The van der Waals surface area contributed by atoms with Crippen molar-refractivity contribution in [2.75, 3.05) is 7.11 Å². The molecule has 0 aliphatic heterocycles. The van der Waals surface area contributed by atoms with Crippen LogP contribution in [0.3, 0.4) is 0 Å². The molecule has 0 spiro atoms. The maximum atomic E-state index is 11.7. The fourth-order valence-electron chi connectivity index (χ4n) is 1.18. The summed E-state index contributed by atoms with van der Waals surface area (Å²) in [6.45, 7) is 1.96. The molecule has 0 N–H and O–H groups in total. The minimum absolute atomic E-state index is 0.151. The Morgan fingerprint density at radius 2 is 2.18 bits per heavy atom. The largest absolute Gasteiger partial charge is 0.466 e. The molecule has 0 fully saturated rings. The molecule has 0 aliphatic carbocycles. The molecular formula is C11H11Br2NO3. The first-order valence-corrected chi connectivity index (χ1v) is 6.35. The first kappa shape index (κ1) is 14.2. The summed E-state index contributed by atoms with van der Waals surface area (Å²) < 4.78 is 7.31. The van der Waals surface area contributed by atoms with Crippen LogP contribution in [0.5, 0.6) is 0 Å². The van der Waals surface area contributed by atoms with Crippen LogP contribution in [0.4, 0.5) is 0 Å². The molecule has 0 aromatic carbocycles. The standard InChI is InChI=1S/C11H11Br2NO3/c1-7(11(16)17-2)3-4-14-6-8(12)5-9(13)10(14)15/h3,5-6H,4H2,1-2H3/b7-3+. The van der Waals surface area contributed by atoms with E-state index in [1.54, 1.807) is 25.3 Å². The van der Waals surface area contributed by atoms with E-state index in [0.717, 1.165) is 4.47 Å². The molecule has 0 saturated heterocycles. The van der Waals surface area contributed by atoms with Gasteiger partial charge in [-0.25, -0.2) is 4.79 Å². The summed E-state index contributed by atoms with van der Waals surface area (Å²) in [5.41, 5.74) is 0.317. The zero-order valence-corrected chi connectivity index (χ0v) is 12.5. The second-order valence-corrected chi connectivity index (χ2v) is 5.11. The van der Waals surface area contributed by atoms with Crippen LogP contribution in [-0.4, -0.2) is 17.6 Å². The van der Waals surface area contributed by atoms with Crippen LogP contribution in [-0.2, 0) is 16.1 Å².